The molecule has 34 heavy (non-hydrogen) atoms. The van der Waals surface area contributed by atoms with Gasteiger partial charge in [0.05, 0.1) is 23.4 Å². The smallest absolute Gasteiger partial charge is 0.349 e. The molecule has 1 aromatic heterocycles. The average molecular weight is 491 g/mol. The molecule has 0 spiro atoms. The maximum Gasteiger partial charge on any atom is 0.416 e. The highest BCUT2D eigenvalue weighted by Crippen LogP contribution is 2.30. The number of benzene rings is 2. The molecule has 2 aromatic carbocycles. The van der Waals surface area contributed by atoms with Gasteiger partial charge in [0, 0.05) is 25.7 Å². The summed E-state index contributed by atoms with van der Waals surface area (Å²) >= 11 is 6.50. The molecular weight excluding hydrogens is 465 g/mol. The molecule has 9 heteroatoms. The minimum Gasteiger partial charge on any atom is -0.349 e. The molecule has 1 fully saturated rings. The monoisotopic (exact) mass is 490 g/mol. The van der Waals surface area contributed by atoms with Gasteiger partial charge in [-0.05, 0) is 37.0 Å². The molecule has 2 heterocycles. The summed E-state index contributed by atoms with van der Waals surface area (Å²) in [7, 11) is 0. The number of aryl methyl sites for hydroxylation is 1. The van der Waals surface area contributed by atoms with E-state index in [4.69, 9.17) is 11.6 Å². The molecule has 0 saturated carbocycles. The van der Waals surface area contributed by atoms with Gasteiger partial charge in [0.15, 0.2) is 0 Å². The quantitative estimate of drug-likeness (QED) is 0.509. The molecule has 180 valence electrons. The van der Waals surface area contributed by atoms with E-state index in [0.29, 0.717) is 61.0 Å². The van der Waals surface area contributed by atoms with Crippen LogP contribution in [0.5, 0.6) is 0 Å². The zero-order valence-electron chi connectivity index (χ0n) is 18.8. The molecule has 0 bridgehead atoms. The van der Waals surface area contributed by atoms with Crippen LogP contribution < -0.4 is 5.32 Å². The van der Waals surface area contributed by atoms with Crippen molar-refractivity contribution in [1.82, 2.24) is 20.0 Å². The Bertz CT molecular complexity index is 1140. The highest BCUT2D eigenvalue weighted by molar-refractivity contribution is 6.33. The van der Waals surface area contributed by atoms with Gasteiger partial charge in [-0.25, -0.2) is 4.68 Å². The van der Waals surface area contributed by atoms with Crippen LogP contribution in [0, 0.1) is 6.92 Å². The Labute approximate surface area is 201 Å². The zero-order chi connectivity index (χ0) is 24.3. The summed E-state index contributed by atoms with van der Waals surface area (Å²) in [5.41, 5.74) is 1.98. The maximum absolute atomic E-state index is 13.0. The highest BCUT2D eigenvalue weighted by Gasteiger charge is 2.31. The predicted octanol–water partition coefficient (Wildman–Crippen LogP) is 5.31. The second-order valence-electron chi connectivity index (χ2n) is 8.62. The van der Waals surface area contributed by atoms with Crippen LogP contribution in [0.1, 0.15) is 45.6 Å². The Morgan fingerprint density at radius 1 is 1.06 bits per heavy atom. The number of piperidine rings is 1. The number of nitrogens with zero attached hydrogens (tertiary/aromatic N) is 3. The number of nitrogens with one attached hydrogen (secondary N) is 1. The minimum atomic E-state index is -4.35. The summed E-state index contributed by atoms with van der Waals surface area (Å²) in [6.07, 6.45) is -2.93. The van der Waals surface area contributed by atoms with Gasteiger partial charge in [0.2, 0.25) is 0 Å². The molecule has 1 saturated heterocycles. The Balaban J connectivity index is 1.33. The van der Waals surface area contributed by atoms with E-state index in [0.717, 1.165) is 11.6 Å². The van der Waals surface area contributed by atoms with E-state index in [-0.39, 0.29) is 11.9 Å². The summed E-state index contributed by atoms with van der Waals surface area (Å²) in [5, 5.41) is 7.80. The SMILES string of the molecule is Cc1nn(Cc2ccccc2)c(Cl)c1C(=O)NC1CCN(Cc2cccc(C(F)(F)F)c2)CC1. The number of hydrogen-bond acceptors (Lipinski definition) is 3. The molecule has 1 aliphatic heterocycles. The van der Waals surface area contributed by atoms with Crippen molar-refractivity contribution < 1.29 is 18.0 Å². The first kappa shape index (κ1) is 24.3. The van der Waals surface area contributed by atoms with Crippen LogP contribution in [0.2, 0.25) is 5.15 Å². The Morgan fingerprint density at radius 3 is 2.41 bits per heavy atom. The second-order valence-corrected chi connectivity index (χ2v) is 8.97. The van der Waals surface area contributed by atoms with E-state index < -0.39 is 11.7 Å². The van der Waals surface area contributed by atoms with Gasteiger partial charge in [-0.15, -0.1) is 0 Å². The number of halogens is 4. The number of alkyl halides is 3. The first-order chi connectivity index (χ1) is 16.2. The first-order valence-corrected chi connectivity index (χ1v) is 11.5. The van der Waals surface area contributed by atoms with Gasteiger partial charge in [-0.1, -0.05) is 60.1 Å². The number of hydrogen-bond donors (Lipinski definition) is 1. The van der Waals surface area contributed by atoms with Crippen molar-refractivity contribution in [2.75, 3.05) is 13.1 Å². The van der Waals surface area contributed by atoms with Gasteiger partial charge >= 0.3 is 6.18 Å². The normalized spacial score (nSPS) is 15.4. The molecule has 1 amide bonds. The fourth-order valence-corrected chi connectivity index (χ4v) is 4.59. The highest BCUT2D eigenvalue weighted by atomic mass is 35.5. The molecule has 0 unspecified atom stereocenters. The van der Waals surface area contributed by atoms with Crippen LogP contribution in [-0.4, -0.2) is 39.7 Å². The number of carbonyl (C=O) groups excluding carboxylic acids is 1. The number of rotatable bonds is 6. The lowest BCUT2D eigenvalue weighted by molar-refractivity contribution is -0.137. The van der Waals surface area contributed by atoms with Crippen LogP contribution in [0.4, 0.5) is 13.2 Å². The number of likely N-dealkylation sites (tertiary alicyclic amines) is 1. The Morgan fingerprint density at radius 2 is 1.74 bits per heavy atom. The lowest BCUT2D eigenvalue weighted by Crippen LogP contribution is -2.44. The van der Waals surface area contributed by atoms with Gasteiger partial charge in [0.25, 0.3) is 5.91 Å². The van der Waals surface area contributed by atoms with Gasteiger partial charge in [-0.2, -0.15) is 18.3 Å². The third-order valence-corrected chi connectivity index (χ3v) is 6.44. The molecule has 0 aliphatic carbocycles. The fraction of sp³-hybridized carbons (Fsp3) is 0.360. The van der Waals surface area contributed by atoms with E-state index in [2.05, 4.69) is 15.3 Å². The Hall–Kier alpha value is -2.84. The lowest BCUT2D eigenvalue weighted by atomic mass is 10.0. The predicted molar refractivity (Wildman–Crippen MR) is 125 cm³/mol. The largest absolute Gasteiger partial charge is 0.416 e. The fourth-order valence-electron chi connectivity index (χ4n) is 4.27. The van der Waals surface area contributed by atoms with Crippen molar-refractivity contribution in [1.29, 1.82) is 0 Å². The zero-order valence-corrected chi connectivity index (χ0v) is 19.5. The lowest BCUT2D eigenvalue weighted by Gasteiger charge is -2.32. The summed E-state index contributed by atoms with van der Waals surface area (Å²) in [6, 6.07) is 15.2. The summed E-state index contributed by atoms with van der Waals surface area (Å²) in [5.74, 6) is -0.252. The molecule has 5 nitrogen and oxygen atoms in total. The topological polar surface area (TPSA) is 50.2 Å². The first-order valence-electron chi connectivity index (χ1n) is 11.2. The molecule has 1 aliphatic rings. The van der Waals surface area contributed by atoms with E-state index >= 15 is 0 Å². The molecular formula is C25H26ClF3N4O. The standard InChI is InChI=1S/C25H26ClF3N4O/c1-17-22(23(26)33(31-17)16-18-6-3-2-4-7-18)24(34)30-21-10-12-32(13-11-21)15-19-8-5-9-20(14-19)25(27,28)29/h2-9,14,21H,10-13,15-16H2,1H3,(H,30,34). The molecule has 3 aromatic rings. The maximum atomic E-state index is 13.0. The molecule has 1 N–H and O–H groups in total. The number of amides is 1. The summed E-state index contributed by atoms with van der Waals surface area (Å²) in [4.78, 5) is 15.1. The van der Waals surface area contributed by atoms with Crippen molar-refractivity contribution in [2.45, 2.75) is 45.1 Å². The van der Waals surface area contributed by atoms with Gasteiger partial charge in [-0.3, -0.25) is 9.69 Å². The van der Waals surface area contributed by atoms with Crippen LogP contribution in [-0.2, 0) is 19.3 Å². The minimum absolute atomic E-state index is 0.0294. The van der Waals surface area contributed by atoms with E-state index in [9.17, 15) is 18.0 Å². The Kier molecular flexibility index (Phi) is 7.28. The third-order valence-electron chi connectivity index (χ3n) is 6.05. The average Bonchev–Trinajstić information content (AvgIpc) is 3.08. The van der Waals surface area contributed by atoms with E-state index in [1.807, 2.05) is 30.3 Å². The molecule has 0 radical (unpaired) electrons. The summed E-state index contributed by atoms with van der Waals surface area (Å²) < 4.78 is 40.5. The van der Waals surface area contributed by atoms with Gasteiger partial charge in [0.1, 0.15) is 5.15 Å². The van der Waals surface area contributed by atoms with Crippen LogP contribution in [0.25, 0.3) is 0 Å². The van der Waals surface area contributed by atoms with Crippen molar-refractivity contribution in [3.63, 3.8) is 0 Å². The van der Waals surface area contributed by atoms with Crippen LogP contribution in [0.15, 0.2) is 54.6 Å². The van der Waals surface area contributed by atoms with E-state index in [1.54, 1.807) is 17.7 Å². The molecule has 0 atom stereocenters. The van der Waals surface area contributed by atoms with Crippen LogP contribution >= 0.6 is 11.6 Å². The van der Waals surface area contributed by atoms with Crippen molar-refractivity contribution in [2.24, 2.45) is 0 Å². The second kappa shape index (κ2) is 10.2. The van der Waals surface area contributed by atoms with Crippen LogP contribution in [0.3, 0.4) is 0 Å². The molecule has 4 rings (SSSR count). The van der Waals surface area contributed by atoms with Crippen molar-refractivity contribution in [3.05, 3.63) is 87.7 Å². The van der Waals surface area contributed by atoms with Crippen molar-refractivity contribution in [3.8, 4) is 0 Å². The van der Waals surface area contributed by atoms with Gasteiger partial charge < -0.3 is 5.32 Å². The van der Waals surface area contributed by atoms with E-state index in [1.165, 1.54) is 12.1 Å². The number of carbonyl (C=O) groups is 1. The van der Waals surface area contributed by atoms with Crippen molar-refractivity contribution >= 4 is 17.5 Å². The third kappa shape index (κ3) is 5.80. The summed E-state index contributed by atoms with van der Waals surface area (Å²) in [6.45, 7) is 4.05. The number of aromatic nitrogens is 2.